The number of hydrogen-bond acceptors (Lipinski definition) is 4. The van der Waals surface area contributed by atoms with Crippen LogP contribution in [0.3, 0.4) is 0 Å². The first kappa shape index (κ1) is 10.2. The number of carbonyl (C=O) groups is 1. The molecule has 1 amide bonds. The Morgan fingerprint density at radius 2 is 2.25 bits per heavy atom. The Labute approximate surface area is 91.4 Å². The quantitative estimate of drug-likeness (QED) is 0.697. The molecule has 0 aliphatic rings. The number of aromatic nitrogens is 3. The Bertz CT molecular complexity index is 481. The topological polar surface area (TPSA) is 90.9 Å². The molecule has 0 bridgehead atoms. The van der Waals surface area contributed by atoms with Gasteiger partial charge in [-0.25, -0.2) is 4.98 Å². The van der Waals surface area contributed by atoms with Crippen LogP contribution in [0.4, 0.5) is 0 Å². The van der Waals surface area contributed by atoms with E-state index in [1.807, 2.05) is 0 Å². The molecule has 2 heterocycles. The molecule has 0 saturated heterocycles. The predicted molar refractivity (Wildman–Crippen MR) is 55.7 cm³/mol. The van der Waals surface area contributed by atoms with Crippen molar-refractivity contribution in [2.24, 2.45) is 0 Å². The molecule has 2 aromatic heterocycles. The molecule has 0 radical (unpaired) electrons. The SMILES string of the molecule is O=C(NCc1cnc[nH]1)c1cncc(O)c1. The van der Waals surface area contributed by atoms with Crippen molar-refractivity contribution in [1.82, 2.24) is 20.3 Å². The summed E-state index contributed by atoms with van der Waals surface area (Å²) < 4.78 is 0. The number of aromatic amines is 1. The molecule has 3 N–H and O–H groups in total. The highest BCUT2D eigenvalue weighted by Crippen LogP contribution is 2.08. The number of imidazole rings is 1. The Morgan fingerprint density at radius 1 is 1.38 bits per heavy atom. The lowest BCUT2D eigenvalue weighted by molar-refractivity contribution is 0.0949. The van der Waals surface area contributed by atoms with Gasteiger partial charge in [0.25, 0.3) is 5.91 Å². The Kier molecular flexibility index (Phi) is 2.81. The first-order chi connectivity index (χ1) is 7.75. The Hall–Kier alpha value is -2.37. The van der Waals surface area contributed by atoms with Gasteiger partial charge in [-0.15, -0.1) is 0 Å². The van der Waals surface area contributed by atoms with E-state index in [9.17, 15) is 4.79 Å². The van der Waals surface area contributed by atoms with E-state index in [4.69, 9.17) is 5.11 Å². The zero-order valence-electron chi connectivity index (χ0n) is 8.34. The van der Waals surface area contributed by atoms with E-state index in [1.54, 1.807) is 6.20 Å². The van der Waals surface area contributed by atoms with Crippen molar-refractivity contribution in [1.29, 1.82) is 0 Å². The summed E-state index contributed by atoms with van der Waals surface area (Å²) in [6, 6.07) is 1.36. The maximum atomic E-state index is 11.6. The normalized spacial score (nSPS) is 10.0. The zero-order valence-corrected chi connectivity index (χ0v) is 8.34. The van der Waals surface area contributed by atoms with Crippen molar-refractivity contribution >= 4 is 5.91 Å². The molecule has 0 atom stereocenters. The molecule has 0 aromatic carbocycles. The van der Waals surface area contributed by atoms with Crippen LogP contribution in [0.25, 0.3) is 0 Å². The van der Waals surface area contributed by atoms with Gasteiger partial charge in [-0.1, -0.05) is 0 Å². The monoisotopic (exact) mass is 218 g/mol. The predicted octanol–water partition coefficient (Wildman–Crippen LogP) is 0.440. The molecule has 82 valence electrons. The van der Waals surface area contributed by atoms with Crippen molar-refractivity contribution in [3.05, 3.63) is 42.2 Å². The summed E-state index contributed by atoms with van der Waals surface area (Å²) in [7, 11) is 0. The smallest absolute Gasteiger partial charge is 0.253 e. The fourth-order valence-corrected chi connectivity index (χ4v) is 1.21. The third-order valence-electron chi connectivity index (χ3n) is 1.98. The van der Waals surface area contributed by atoms with Crippen LogP contribution in [0.2, 0.25) is 0 Å². The van der Waals surface area contributed by atoms with Crippen LogP contribution in [0.15, 0.2) is 31.0 Å². The number of aromatic hydroxyl groups is 1. The van der Waals surface area contributed by atoms with E-state index in [-0.39, 0.29) is 11.7 Å². The molecule has 16 heavy (non-hydrogen) atoms. The summed E-state index contributed by atoms with van der Waals surface area (Å²) in [5, 5.41) is 11.8. The van der Waals surface area contributed by atoms with Crippen molar-refractivity contribution in [2.45, 2.75) is 6.54 Å². The molecule has 0 aliphatic carbocycles. The summed E-state index contributed by atoms with van der Waals surface area (Å²) in [4.78, 5) is 22.0. The number of H-pyrrole nitrogens is 1. The maximum Gasteiger partial charge on any atom is 0.253 e. The number of nitrogens with one attached hydrogen (secondary N) is 2. The average Bonchev–Trinajstić information content (AvgIpc) is 2.78. The summed E-state index contributed by atoms with van der Waals surface area (Å²) in [6.07, 6.45) is 5.83. The number of amides is 1. The first-order valence-corrected chi connectivity index (χ1v) is 4.65. The molecule has 0 unspecified atom stereocenters. The third-order valence-corrected chi connectivity index (χ3v) is 1.98. The lowest BCUT2D eigenvalue weighted by Crippen LogP contribution is -2.22. The van der Waals surface area contributed by atoms with Gasteiger partial charge in [0.15, 0.2) is 0 Å². The first-order valence-electron chi connectivity index (χ1n) is 4.65. The summed E-state index contributed by atoms with van der Waals surface area (Å²) in [5.74, 6) is -0.327. The molecule has 6 nitrogen and oxygen atoms in total. The standard InChI is InChI=1S/C10H10N4O2/c15-9-1-7(2-11-5-9)10(16)13-4-8-3-12-6-14-8/h1-3,5-6,15H,4H2,(H,12,14)(H,13,16). The second kappa shape index (κ2) is 4.43. The lowest BCUT2D eigenvalue weighted by Gasteiger charge is -2.03. The highest BCUT2D eigenvalue weighted by molar-refractivity contribution is 5.94. The van der Waals surface area contributed by atoms with Crippen LogP contribution in [0, 0.1) is 0 Å². The Balaban J connectivity index is 1.98. The second-order valence-electron chi connectivity index (χ2n) is 3.19. The van der Waals surface area contributed by atoms with Crippen molar-refractivity contribution < 1.29 is 9.90 Å². The van der Waals surface area contributed by atoms with Gasteiger partial charge in [0.2, 0.25) is 0 Å². The van der Waals surface area contributed by atoms with E-state index in [1.165, 1.54) is 24.8 Å². The number of nitrogens with zero attached hydrogens (tertiary/aromatic N) is 2. The van der Waals surface area contributed by atoms with Crippen LogP contribution in [-0.2, 0) is 6.54 Å². The summed E-state index contributed by atoms with van der Waals surface area (Å²) in [6.45, 7) is 0.356. The molecule has 0 aliphatic heterocycles. The molecule has 2 rings (SSSR count). The average molecular weight is 218 g/mol. The van der Waals surface area contributed by atoms with Gasteiger partial charge in [-0.05, 0) is 6.07 Å². The Morgan fingerprint density at radius 3 is 2.94 bits per heavy atom. The van der Waals surface area contributed by atoms with E-state index in [2.05, 4.69) is 20.3 Å². The third kappa shape index (κ3) is 2.35. The molecule has 6 heteroatoms. The fourth-order valence-electron chi connectivity index (χ4n) is 1.21. The minimum atomic E-state index is -0.294. The van der Waals surface area contributed by atoms with Crippen molar-refractivity contribution in [3.8, 4) is 5.75 Å². The van der Waals surface area contributed by atoms with Gasteiger partial charge in [0.1, 0.15) is 5.75 Å². The van der Waals surface area contributed by atoms with Crippen molar-refractivity contribution in [2.75, 3.05) is 0 Å². The maximum absolute atomic E-state index is 11.6. The number of carbonyl (C=O) groups excluding carboxylic acids is 1. The van der Waals surface area contributed by atoms with E-state index in [0.29, 0.717) is 12.1 Å². The van der Waals surface area contributed by atoms with E-state index in [0.717, 1.165) is 5.69 Å². The van der Waals surface area contributed by atoms with E-state index >= 15 is 0 Å². The number of rotatable bonds is 3. The minimum Gasteiger partial charge on any atom is -0.506 e. The van der Waals surface area contributed by atoms with Crippen LogP contribution in [0.1, 0.15) is 16.1 Å². The van der Waals surface area contributed by atoms with Crippen LogP contribution >= 0.6 is 0 Å². The number of hydrogen-bond donors (Lipinski definition) is 3. The summed E-state index contributed by atoms with van der Waals surface area (Å²) in [5.41, 5.74) is 1.13. The number of pyridine rings is 1. The molecular formula is C10H10N4O2. The molecule has 0 fully saturated rings. The van der Waals surface area contributed by atoms with Gasteiger partial charge in [0, 0.05) is 12.4 Å². The molecule has 0 spiro atoms. The molecule has 0 saturated carbocycles. The van der Waals surface area contributed by atoms with Crippen LogP contribution in [0.5, 0.6) is 5.75 Å². The van der Waals surface area contributed by atoms with Crippen LogP contribution in [-0.4, -0.2) is 26.0 Å². The van der Waals surface area contributed by atoms with Gasteiger partial charge in [-0.3, -0.25) is 9.78 Å². The largest absolute Gasteiger partial charge is 0.506 e. The van der Waals surface area contributed by atoms with Crippen molar-refractivity contribution in [3.63, 3.8) is 0 Å². The fraction of sp³-hybridized carbons (Fsp3) is 0.100. The van der Waals surface area contributed by atoms with Gasteiger partial charge < -0.3 is 15.4 Å². The van der Waals surface area contributed by atoms with Gasteiger partial charge >= 0.3 is 0 Å². The zero-order chi connectivity index (χ0) is 11.4. The molecular weight excluding hydrogens is 208 g/mol. The van der Waals surface area contributed by atoms with Gasteiger partial charge in [0.05, 0.1) is 30.3 Å². The highest BCUT2D eigenvalue weighted by Gasteiger charge is 2.06. The van der Waals surface area contributed by atoms with Gasteiger partial charge in [-0.2, -0.15) is 0 Å². The van der Waals surface area contributed by atoms with Crippen LogP contribution < -0.4 is 5.32 Å². The van der Waals surface area contributed by atoms with E-state index < -0.39 is 0 Å². The molecule has 2 aromatic rings. The summed E-state index contributed by atoms with van der Waals surface area (Å²) >= 11 is 0. The minimum absolute atomic E-state index is 0.0332. The lowest BCUT2D eigenvalue weighted by atomic mass is 10.2. The second-order valence-corrected chi connectivity index (χ2v) is 3.19. The highest BCUT2D eigenvalue weighted by atomic mass is 16.3.